The molecule has 6 nitrogen and oxygen atoms in total. The van der Waals surface area contributed by atoms with Crippen molar-refractivity contribution in [2.24, 2.45) is 7.05 Å². The van der Waals surface area contributed by atoms with E-state index in [0.717, 1.165) is 4.88 Å². The fourth-order valence-corrected chi connectivity index (χ4v) is 3.57. The van der Waals surface area contributed by atoms with Crippen molar-refractivity contribution in [1.82, 2.24) is 4.57 Å². The van der Waals surface area contributed by atoms with Crippen LogP contribution in [0.15, 0.2) is 58.8 Å². The third kappa shape index (κ3) is 3.59. The number of pyridine rings is 1. The van der Waals surface area contributed by atoms with Gasteiger partial charge in [0, 0.05) is 41.5 Å². The fraction of sp³-hybridized carbons (Fsp3) is 0.200. The molecule has 1 amide bonds. The zero-order chi connectivity index (χ0) is 18.8. The molecule has 0 saturated carbocycles. The lowest BCUT2D eigenvalue weighted by Gasteiger charge is -2.25. The van der Waals surface area contributed by atoms with Crippen molar-refractivity contribution in [1.29, 1.82) is 0 Å². The number of aromatic nitrogens is 1. The second kappa shape index (κ2) is 7.28. The first-order valence-electron chi connectivity index (χ1n) is 8.52. The summed E-state index contributed by atoms with van der Waals surface area (Å²) in [4.78, 5) is 27.9. The molecule has 0 bridgehead atoms. The molecular weight excluding hydrogens is 364 g/mol. The van der Waals surface area contributed by atoms with Crippen molar-refractivity contribution in [2.45, 2.75) is 6.54 Å². The highest BCUT2D eigenvalue weighted by Crippen LogP contribution is 2.35. The Morgan fingerprint density at radius 3 is 2.70 bits per heavy atom. The van der Waals surface area contributed by atoms with Crippen molar-refractivity contribution < 1.29 is 14.3 Å². The molecule has 0 spiro atoms. The summed E-state index contributed by atoms with van der Waals surface area (Å²) in [6.45, 7) is 1.40. The summed E-state index contributed by atoms with van der Waals surface area (Å²) in [7, 11) is 1.65. The van der Waals surface area contributed by atoms with Gasteiger partial charge < -0.3 is 18.9 Å². The minimum Gasteiger partial charge on any atom is -0.486 e. The molecule has 3 heterocycles. The number of aryl methyl sites for hydroxylation is 1. The molecule has 27 heavy (non-hydrogen) atoms. The number of carbonyl (C=O) groups excluding carboxylic acids is 1. The summed E-state index contributed by atoms with van der Waals surface area (Å²) in [5, 5.41) is 1.97. The largest absolute Gasteiger partial charge is 0.486 e. The van der Waals surface area contributed by atoms with Crippen LogP contribution in [-0.2, 0) is 13.6 Å². The molecule has 0 fully saturated rings. The minimum atomic E-state index is -0.238. The first-order chi connectivity index (χ1) is 13.1. The Labute approximate surface area is 160 Å². The molecule has 3 aromatic rings. The number of carbonyl (C=O) groups is 1. The second-order valence-electron chi connectivity index (χ2n) is 6.16. The molecule has 0 aliphatic carbocycles. The first-order valence-corrected chi connectivity index (χ1v) is 9.40. The summed E-state index contributed by atoms with van der Waals surface area (Å²) in [5.74, 6) is 1.05. The van der Waals surface area contributed by atoms with Crippen molar-refractivity contribution >= 4 is 22.9 Å². The van der Waals surface area contributed by atoms with Crippen LogP contribution in [0.3, 0.4) is 0 Å². The minimum absolute atomic E-state index is 0.223. The first kappa shape index (κ1) is 17.4. The van der Waals surface area contributed by atoms with Gasteiger partial charge in [0.25, 0.3) is 11.5 Å². The number of ether oxygens (including phenoxy) is 2. The molecule has 0 N–H and O–H groups in total. The van der Waals surface area contributed by atoms with Crippen LogP contribution in [0.1, 0.15) is 15.2 Å². The van der Waals surface area contributed by atoms with Gasteiger partial charge in [0.2, 0.25) is 0 Å². The van der Waals surface area contributed by atoms with Crippen LogP contribution < -0.4 is 19.9 Å². The van der Waals surface area contributed by atoms with Gasteiger partial charge in [0.05, 0.1) is 6.54 Å². The Kier molecular flexibility index (Phi) is 4.68. The van der Waals surface area contributed by atoms with Crippen LogP contribution >= 0.6 is 11.3 Å². The van der Waals surface area contributed by atoms with E-state index in [-0.39, 0.29) is 11.5 Å². The number of rotatable bonds is 4. The third-order valence-electron chi connectivity index (χ3n) is 4.33. The number of thiophene rings is 1. The quantitative estimate of drug-likeness (QED) is 0.696. The van der Waals surface area contributed by atoms with E-state index in [9.17, 15) is 9.59 Å². The maximum atomic E-state index is 13.2. The van der Waals surface area contributed by atoms with Crippen LogP contribution in [0.4, 0.5) is 5.69 Å². The number of anilines is 1. The van der Waals surface area contributed by atoms with Crippen LogP contribution in [0.25, 0.3) is 0 Å². The van der Waals surface area contributed by atoms with E-state index in [2.05, 4.69) is 0 Å². The third-order valence-corrected chi connectivity index (χ3v) is 5.19. The molecule has 0 saturated heterocycles. The van der Waals surface area contributed by atoms with Gasteiger partial charge in [-0.15, -0.1) is 11.3 Å². The van der Waals surface area contributed by atoms with Gasteiger partial charge in [-0.2, -0.15) is 0 Å². The van der Waals surface area contributed by atoms with Crippen LogP contribution in [0, 0.1) is 0 Å². The van der Waals surface area contributed by atoms with Gasteiger partial charge in [-0.25, -0.2) is 0 Å². The van der Waals surface area contributed by atoms with E-state index >= 15 is 0 Å². The van der Waals surface area contributed by atoms with Crippen LogP contribution in [-0.4, -0.2) is 23.7 Å². The fourth-order valence-electron chi connectivity index (χ4n) is 2.88. The van der Waals surface area contributed by atoms with E-state index in [1.54, 1.807) is 41.6 Å². The standard InChI is InChI=1S/C20H18N2O4S/c1-21-7-6-14(11-19(21)23)20(24)22(13-16-3-2-10-27-16)15-4-5-17-18(12-15)26-9-8-25-17/h2-7,10-12H,8-9,13H2,1H3. The monoisotopic (exact) mass is 382 g/mol. The second-order valence-corrected chi connectivity index (χ2v) is 7.20. The predicted molar refractivity (Wildman–Crippen MR) is 104 cm³/mol. The summed E-state index contributed by atoms with van der Waals surface area (Å²) >= 11 is 1.58. The van der Waals surface area contributed by atoms with Crippen molar-refractivity contribution in [3.05, 3.63) is 74.8 Å². The SMILES string of the molecule is Cn1ccc(C(=O)N(Cc2cccs2)c2ccc3c(c2)OCCO3)cc1=O. The molecule has 1 aliphatic heterocycles. The van der Waals surface area contributed by atoms with E-state index in [0.29, 0.717) is 42.5 Å². The lowest BCUT2D eigenvalue weighted by Crippen LogP contribution is -2.31. The van der Waals surface area contributed by atoms with Gasteiger partial charge in [-0.1, -0.05) is 6.07 Å². The molecule has 2 aromatic heterocycles. The van der Waals surface area contributed by atoms with Gasteiger partial charge in [-0.05, 0) is 29.6 Å². The molecular formula is C20H18N2O4S. The maximum Gasteiger partial charge on any atom is 0.258 e. The van der Waals surface area contributed by atoms with Crippen LogP contribution in [0.5, 0.6) is 11.5 Å². The van der Waals surface area contributed by atoms with Gasteiger partial charge in [0.15, 0.2) is 11.5 Å². The van der Waals surface area contributed by atoms with Crippen molar-refractivity contribution in [2.75, 3.05) is 18.1 Å². The Bertz CT molecular complexity index is 1030. The topological polar surface area (TPSA) is 60.8 Å². The molecule has 1 aliphatic rings. The summed E-state index contributed by atoms with van der Waals surface area (Å²) in [6.07, 6.45) is 1.60. The average Bonchev–Trinajstić information content (AvgIpc) is 3.20. The van der Waals surface area contributed by atoms with E-state index in [4.69, 9.17) is 9.47 Å². The van der Waals surface area contributed by atoms with Gasteiger partial charge in [0.1, 0.15) is 13.2 Å². The molecule has 1 aromatic carbocycles. The molecule has 0 radical (unpaired) electrons. The highest BCUT2D eigenvalue weighted by atomic mass is 32.1. The zero-order valence-electron chi connectivity index (χ0n) is 14.8. The number of fused-ring (bicyclic) bond motifs is 1. The summed E-state index contributed by atoms with van der Waals surface area (Å²) in [5.41, 5.74) is 0.821. The number of benzene rings is 1. The van der Waals surface area contributed by atoms with Gasteiger partial charge >= 0.3 is 0 Å². The zero-order valence-corrected chi connectivity index (χ0v) is 15.6. The Hall–Kier alpha value is -3.06. The van der Waals surface area contributed by atoms with Gasteiger partial charge in [-0.3, -0.25) is 9.59 Å². The Balaban J connectivity index is 1.73. The molecule has 0 unspecified atom stereocenters. The van der Waals surface area contributed by atoms with E-state index in [1.807, 2.05) is 29.6 Å². The molecule has 7 heteroatoms. The number of amides is 1. The number of hydrogen-bond donors (Lipinski definition) is 0. The molecule has 4 rings (SSSR count). The Morgan fingerprint density at radius 2 is 1.96 bits per heavy atom. The predicted octanol–water partition coefficient (Wildman–Crippen LogP) is 3.07. The van der Waals surface area contributed by atoms with Crippen molar-refractivity contribution in [3.63, 3.8) is 0 Å². The van der Waals surface area contributed by atoms with Crippen LogP contribution in [0.2, 0.25) is 0 Å². The normalized spacial score (nSPS) is 12.6. The maximum absolute atomic E-state index is 13.2. The summed E-state index contributed by atoms with van der Waals surface area (Å²) in [6, 6.07) is 12.4. The highest BCUT2D eigenvalue weighted by molar-refractivity contribution is 7.09. The number of nitrogens with zero attached hydrogens (tertiary/aromatic N) is 2. The Morgan fingerprint density at radius 1 is 1.15 bits per heavy atom. The summed E-state index contributed by atoms with van der Waals surface area (Å²) < 4.78 is 12.7. The smallest absolute Gasteiger partial charge is 0.258 e. The highest BCUT2D eigenvalue weighted by Gasteiger charge is 2.22. The van der Waals surface area contributed by atoms with E-state index in [1.165, 1.54) is 10.6 Å². The molecule has 0 atom stereocenters. The molecule has 138 valence electrons. The average molecular weight is 382 g/mol. The number of hydrogen-bond acceptors (Lipinski definition) is 5. The van der Waals surface area contributed by atoms with Crippen molar-refractivity contribution in [3.8, 4) is 11.5 Å². The van der Waals surface area contributed by atoms with E-state index < -0.39 is 0 Å². The lowest BCUT2D eigenvalue weighted by molar-refractivity contribution is 0.0985. The lowest BCUT2D eigenvalue weighted by atomic mass is 10.2.